The number of carbonyl (C=O) groups is 2. The van der Waals surface area contributed by atoms with Gasteiger partial charge in [-0.3, -0.25) is 9.69 Å². The van der Waals surface area contributed by atoms with Crippen molar-refractivity contribution >= 4 is 28.5 Å². The molecule has 1 aliphatic rings. The number of halogens is 1. The summed E-state index contributed by atoms with van der Waals surface area (Å²) in [6.07, 6.45) is 2.85. The van der Waals surface area contributed by atoms with Gasteiger partial charge in [0.25, 0.3) is 0 Å². The van der Waals surface area contributed by atoms with E-state index in [1.807, 2.05) is 36.7 Å². The molecule has 1 aromatic heterocycles. The van der Waals surface area contributed by atoms with Gasteiger partial charge >= 0.3 is 6.09 Å². The zero-order chi connectivity index (χ0) is 24.4. The Morgan fingerprint density at radius 2 is 1.86 bits per heavy atom. The van der Waals surface area contributed by atoms with Crippen molar-refractivity contribution in [3.05, 3.63) is 96.6 Å². The van der Waals surface area contributed by atoms with E-state index in [4.69, 9.17) is 4.74 Å². The fourth-order valence-electron chi connectivity index (χ4n) is 4.37. The standard InChI is InChI=1S/C28H24FN3O3/c1-19(33)30-16-24-18-32(28(34)35-24)23-9-10-26(27(29)15-23)21-11-13-31(14-12-21)17-22-7-4-6-20-5-2-3-8-25(20)22/h2-15,24H,16-18H2,1H3/p+1/t24-/m0/s1. The van der Waals surface area contributed by atoms with E-state index in [1.165, 1.54) is 34.2 Å². The molecule has 35 heavy (non-hydrogen) atoms. The maximum atomic E-state index is 15.0. The van der Waals surface area contributed by atoms with Crippen LogP contribution in [0, 0.1) is 5.82 Å². The molecule has 1 atom stereocenters. The Bertz CT molecular complexity index is 1400. The number of rotatable bonds is 6. The molecule has 0 saturated carbocycles. The third-order valence-electron chi connectivity index (χ3n) is 6.15. The van der Waals surface area contributed by atoms with Crippen LogP contribution in [-0.2, 0) is 16.1 Å². The van der Waals surface area contributed by atoms with Gasteiger partial charge in [-0.05, 0) is 34.5 Å². The van der Waals surface area contributed by atoms with Crippen molar-refractivity contribution in [1.29, 1.82) is 0 Å². The fraction of sp³-hybridized carbons (Fsp3) is 0.179. The molecule has 176 valence electrons. The predicted octanol–water partition coefficient (Wildman–Crippen LogP) is 4.44. The van der Waals surface area contributed by atoms with Gasteiger partial charge in [0.2, 0.25) is 5.91 Å². The zero-order valence-electron chi connectivity index (χ0n) is 19.3. The molecule has 0 unspecified atom stereocenters. The quantitative estimate of drug-likeness (QED) is 0.424. The average molecular weight is 471 g/mol. The molecular formula is C28H25FN3O3+. The van der Waals surface area contributed by atoms with Gasteiger partial charge in [0.05, 0.1) is 18.8 Å². The number of cyclic esters (lactones) is 1. The second-order valence-electron chi connectivity index (χ2n) is 8.62. The van der Waals surface area contributed by atoms with Gasteiger partial charge in [0.15, 0.2) is 18.9 Å². The number of ether oxygens (including phenoxy) is 1. The molecule has 0 radical (unpaired) electrons. The minimum absolute atomic E-state index is 0.198. The average Bonchev–Trinajstić information content (AvgIpc) is 3.24. The Morgan fingerprint density at radius 3 is 2.63 bits per heavy atom. The van der Waals surface area contributed by atoms with E-state index in [1.54, 1.807) is 12.1 Å². The first kappa shape index (κ1) is 22.5. The number of nitrogens with one attached hydrogen (secondary N) is 1. The van der Waals surface area contributed by atoms with Crippen molar-refractivity contribution in [1.82, 2.24) is 5.32 Å². The first-order valence-corrected chi connectivity index (χ1v) is 11.5. The minimum atomic E-state index is -0.554. The molecule has 0 aliphatic carbocycles. The second-order valence-corrected chi connectivity index (χ2v) is 8.62. The van der Waals surface area contributed by atoms with Crippen LogP contribution in [0.15, 0.2) is 85.2 Å². The van der Waals surface area contributed by atoms with Gasteiger partial charge in [-0.15, -0.1) is 0 Å². The fourth-order valence-corrected chi connectivity index (χ4v) is 4.37. The molecule has 5 rings (SSSR count). The van der Waals surface area contributed by atoms with Crippen molar-refractivity contribution in [3.63, 3.8) is 0 Å². The number of carbonyl (C=O) groups excluding carboxylic acids is 2. The first-order valence-electron chi connectivity index (χ1n) is 11.5. The molecule has 7 heteroatoms. The normalized spacial score (nSPS) is 15.3. The van der Waals surface area contributed by atoms with Crippen LogP contribution in [0.2, 0.25) is 0 Å². The second kappa shape index (κ2) is 9.54. The molecule has 0 spiro atoms. The van der Waals surface area contributed by atoms with E-state index in [0.717, 1.165) is 5.56 Å². The van der Waals surface area contributed by atoms with E-state index in [-0.39, 0.29) is 19.0 Å². The van der Waals surface area contributed by atoms with Gasteiger partial charge in [-0.25, -0.2) is 13.8 Å². The number of pyridine rings is 1. The highest BCUT2D eigenvalue weighted by molar-refractivity contribution is 5.90. The largest absolute Gasteiger partial charge is 0.442 e. The number of benzene rings is 3. The van der Waals surface area contributed by atoms with Crippen molar-refractivity contribution in [3.8, 4) is 11.1 Å². The third-order valence-corrected chi connectivity index (χ3v) is 6.15. The Balaban J connectivity index is 1.31. The molecule has 2 amide bonds. The van der Waals surface area contributed by atoms with Crippen LogP contribution in [0.3, 0.4) is 0 Å². The Kier molecular flexibility index (Phi) is 6.14. The van der Waals surface area contributed by atoms with E-state index in [0.29, 0.717) is 17.8 Å². The van der Waals surface area contributed by atoms with Gasteiger partial charge in [-0.2, -0.15) is 0 Å². The maximum Gasteiger partial charge on any atom is 0.414 e. The van der Waals surface area contributed by atoms with Crippen molar-refractivity contribution < 1.29 is 23.3 Å². The van der Waals surface area contributed by atoms with Crippen LogP contribution in [0.1, 0.15) is 12.5 Å². The minimum Gasteiger partial charge on any atom is -0.442 e. The van der Waals surface area contributed by atoms with E-state index < -0.39 is 18.0 Å². The van der Waals surface area contributed by atoms with Crippen LogP contribution in [-0.4, -0.2) is 31.2 Å². The molecule has 4 aromatic rings. The zero-order valence-corrected chi connectivity index (χ0v) is 19.3. The smallest absolute Gasteiger partial charge is 0.414 e. The molecular weight excluding hydrogens is 445 g/mol. The highest BCUT2D eigenvalue weighted by Gasteiger charge is 2.32. The number of hydrogen-bond donors (Lipinski definition) is 1. The van der Waals surface area contributed by atoms with Crippen LogP contribution >= 0.6 is 0 Å². The molecule has 1 fully saturated rings. The van der Waals surface area contributed by atoms with Gasteiger partial charge in [0, 0.05) is 30.2 Å². The predicted molar refractivity (Wildman–Crippen MR) is 131 cm³/mol. The number of aromatic nitrogens is 1. The van der Waals surface area contributed by atoms with Gasteiger partial charge in [-0.1, -0.05) is 42.5 Å². The summed E-state index contributed by atoms with van der Waals surface area (Å²) in [7, 11) is 0. The van der Waals surface area contributed by atoms with Crippen LogP contribution in [0.25, 0.3) is 21.9 Å². The lowest BCUT2D eigenvalue weighted by Crippen LogP contribution is -2.33. The topological polar surface area (TPSA) is 62.5 Å². The molecule has 3 aromatic carbocycles. The highest BCUT2D eigenvalue weighted by Crippen LogP contribution is 2.29. The Hall–Kier alpha value is -4.26. The van der Waals surface area contributed by atoms with Crippen LogP contribution < -0.4 is 14.8 Å². The summed E-state index contributed by atoms with van der Waals surface area (Å²) in [6.45, 7) is 2.58. The van der Waals surface area contributed by atoms with Crippen molar-refractivity contribution in [2.45, 2.75) is 19.6 Å². The summed E-state index contributed by atoms with van der Waals surface area (Å²) in [6, 6.07) is 23.1. The number of fused-ring (bicyclic) bond motifs is 1. The van der Waals surface area contributed by atoms with Crippen molar-refractivity contribution in [2.75, 3.05) is 18.0 Å². The molecule has 6 nitrogen and oxygen atoms in total. The lowest BCUT2D eigenvalue weighted by atomic mass is 10.0. The lowest BCUT2D eigenvalue weighted by molar-refractivity contribution is -0.688. The van der Waals surface area contributed by atoms with Crippen LogP contribution in [0.4, 0.5) is 14.9 Å². The van der Waals surface area contributed by atoms with E-state index in [9.17, 15) is 9.59 Å². The highest BCUT2D eigenvalue weighted by atomic mass is 19.1. The molecule has 2 heterocycles. The number of amides is 2. The summed E-state index contributed by atoms with van der Waals surface area (Å²) >= 11 is 0. The van der Waals surface area contributed by atoms with E-state index in [2.05, 4.69) is 40.2 Å². The summed E-state index contributed by atoms with van der Waals surface area (Å²) < 4.78 is 22.4. The van der Waals surface area contributed by atoms with E-state index >= 15 is 4.39 Å². The van der Waals surface area contributed by atoms with Crippen molar-refractivity contribution in [2.24, 2.45) is 0 Å². The lowest BCUT2D eigenvalue weighted by Gasteiger charge is -2.14. The number of nitrogens with zero attached hydrogens (tertiary/aromatic N) is 2. The summed E-state index contributed by atoms with van der Waals surface area (Å²) in [5.41, 5.74) is 2.83. The monoisotopic (exact) mass is 470 g/mol. The first-order chi connectivity index (χ1) is 17.0. The Morgan fingerprint density at radius 1 is 1.09 bits per heavy atom. The summed E-state index contributed by atoms with van der Waals surface area (Å²) in [5.74, 6) is -0.622. The summed E-state index contributed by atoms with van der Waals surface area (Å²) in [5, 5.41) is 5.05. The maximum absolute atomic E-state index is 15.0. The number of anilines is 1. The molecule has 1 saturated heterocycles. The SMILES string of the molecule is CC(=O)NC[C@H]1CN(c2ccc(-c3cc[n+](Cc4cccc5ccccc45)cc3)c(F)c2)C(=O)O1. The summed E-state index contributed by atoms with van der Waals surface area (Å²) in [4.78, 5) is 24.7. The molecule has 1 N–H and O–H groups in total. The van der Waals surface area contributed by atoms with Crippen LogP contribution in [0.5, 0.6) is 0 Å². The number of hydrogen-bond acceptors (Lipinski definition) is 3. The van der Waals surface area contributed by atoms with Gasteiger partial charge < -0.3 is 10.1 Å². The molecule has 1 aliphatic heterocycles. The third kappa shape index (κ3) is 4.84. The molecule has 0 bridgehead atoms. The Labute approximate surface area is 202 Å². The van der Waals surface area contributed by atoms with Gasteiger partial charge in [0.1, 0.15) is 11.9 Å².